The van der Waals surface area contributed by atoms with E-state index in [4.69, 9.17) is 9.15 Å². The van der Waals surface area contributed by atoms with Crippen molar-refractivity contribution in [3.63, 3.8) is 0 Å². The Morgan fingerprint density at radius 1 is 0.900 bits per heavy atom. The predicted octanol–water partition coefficient (Wildman–Crippen LogP) is 6.15. The smallest absolute Gasteiger partial charge is 0.416 e. The average molecular weight is 410 g/mol. The van der Waals surface area contributed by atoms with Gasteiger partial charge in [-0.15, -0.1) is 0 Å². The van der Waals surface area contributed by atoms with Crippen LogP contribution in [0.4, 0.5) is 13.2 Å². The van der Waals surface area contributed by atoms with Gasteiger partial charge >= 0.3 is 6.18 Å². The van der Waals surface area contributed by atoms with Crippen molar-refractivity contribution < 1.29 is 22.3 Å². The Balaban J connectivity index is 1.30. The van der Waals surface area contributed by atoms with E-state index < -0.39 is 11.7 Å². The molecule has 0 radical (unpaired) electrons. The fourth-order valence-corrected chi connectivity index (χ4v) is 3.64. The molecule has 0 bridgehead atoms. The molecular formula is C23H17F3N2O2. The van der Waals surface area contributed by atoms with Gasteiger partial charge in [-0.3, -0.25) is 4.90 Å². The first-order valence-corrected chi connectivity index (χ1v) is 9.48. The SMILES string of the molecule is FC(F)(F)c1ccc(Oc2ccc3oc(CN4Cc5ccccc5C4)nc3c2)cc1. The predicted molar refractivity (Wildman–Crippen MR) is 105 cm³/mol. The highest BCUT2D eigenvalue weighted by molar-refractivity contribution is 5.74. The summed E-state index contributed by atoms with van der Waals surface area (Å²) in [5, 5.41) is 0. The van der Waals surface area contributed by atoms with E-state index in [1.54, 1.807) is 18.2 Å². The molecule has 152 valence electrons. The lowest BCUT2D eigenvalue weighted by atomic mass is 10.1. The highest BCUT2D eigenvalue weighted by atomic mass is 19.4. The van der Waals surface area contributed by atoms with Gasteiger partial charge in [-0.05, 0) is 47.5 Å². The summed E-state index contributed by atoms with van der Waals surface area (Å²) in [5.41, 5.74) is 3.21. The lowest BCUT2D eigenvalue weighted by Gasteiger charge is -2.11. The summed E-state index contributed by atoms with van der Waals surface area (Å²) in [6.07, 6.45) is -4.37. The van der Waals surface area contributed by atoms with Gasteiger partial charge in [-0.1, -0.05) is 24.3 Å². The van der Waals surface area contributed by atoms with Gasteiger partial charge in [-0.25, -0.2) is 4.98 Å². The Labute approximate surface area is 170 Å². The number of aromatic nitrogens is 1. The van der Waals surface area contributed by atoms with E-state index in [0.717, 1.165) is 25.2 Å². The maximum atomic E-state index is 12.7. The van der Waals surface area contributed by atoms with Gasteiger partial charge in [0.05, 0.1) is 12.1 Å². The Kier molecular flexibility index (Phi) is 4.47. The second-order valence-electron chi connectivity index (χ2n) is 7.28. The van der Waals surface area contributed by atoms with Crippen LogP contribution in [0.3, 0.4) is 0 Å². The third kappa shape index (κ3) is 3.76. The van der Waals surface area contributed by atoms with Gasteiger partial charge in [-0.2, -0.15) is 13.2 Å². The van der Waals surface area contributed by atoms with Crippen molar-refractivity contribution in [1.29, 1.82) is 0 Å². The number of nitrogens with zero attached hydrogens (tertiary/aromatic N) is 2. The summed E-state index contributed by atoms with van der Waals surface area (Å²) in [6.45, 7) is 2.31. The molecule has 7 heteroatoms. The largest absolute Gasteiger partial charge is 0.457 e. The first kappa shape index (κ1) is 18.7. The Morgan fingerprint density at radius 3 is 2.23 bits per heavy atom. The molecule has 4 aromatic rings. The monoisotopic (exact) mass is 410 g/mol. The van der Waals surface area contributed by atoms with E-state index in [0.29, 0.717) is 35.0 Å². The summed E-state index contributed by atoms with van der Waals surface area (Å²) in [4.78, 5) is 6.81. The third-order valence-corrected chi connectivity index (χ3v) is 5.09. The van der Waals surface area contributed by atoms with Crippen molar-refractivity contribution in [2.75, 3.05) is 0 Å². The summed E-state index contributed by atoms with van der Waals surface area (Å²) >= 11 is 0. The molecule has 0 atom stereocenters. The van der Waals surface area contributed by atoms with Gasteiger partial charge in [0.1, 0.15) is 17.0 Å². The number of halogens is 3. The van der Waals surface area contributed by atoms with E-state index in [1.807, 2.05) is 12.1 Å². The minimum absolute atomic E-state index is 0.320. The molecule has 0 aliphatic carbocycles. The quantitative estimate of drug-likeness (QED) is 0.404. The molecule has 0 amide bonds. The van der Waals surface area contributed by atoms with Crippen LogP contribution in [0.5, 0.6) is 11.5 Å². The molecule has 0 spiro atoms. The molecule has 0 unspecified atom stereocenters. The van der Waals surface area contributed by atoms with Crippen molar-refractivity contribution >= 4 is 11.1 Å². The molecule has 4 nitrogen and oxygen atoms in total. The molecule has 1 aromatic heterocycles. The first-order valence-electron chi connectivity index (χ1n) is 9.48. The van der Waals surface area contributed by atoms with E-state index >= 15 is 0 Å². The fraction of sp³-hybridized carbons (Fsp3) is 0.174. The second-order valence-corrected chi connectivity index (χ2v) is 7.28. The van der Waals surface area contributed by atoms with E-state index in [1.165, 1.54) is 23.3 Å². The highest BCUT2D eigenvalue weighted by Gasteiger charge is 2.30. The van der Waals surface area contributed by atoms with Crippen LogP contribution in [0.15, 0.2) is 71.1 Å². The normalized spacial score (nSPS) is 14.2. The number of benzene rings is 3. The van der Waals surface area contributed by atoms with Gasteiger partial charge in [0, 0.05) is 19.2 Å². The van der Waals surface area contributed by atoms with Crippen LogP contribution in [0, 0.1) is 0 Å². The van der Waals surface area contributed by atoms with E-state index in [-0.39, 0.29) is 0 Å². The number of alkyl halides is 3. The maximum absolute atomic E-state index is 12.7. The fourth-order valence-electron chi connectivity index (χ4n) is 3.64. The molecule has 3 aromatic carbocycles. The maximum Gasteiger partial charge on any atom is 0.416 e. The minimum Gasteiger partial charge on any atom is -0.457 e. The van der Waals surface area contributed by atoms with Crippen LogP contribution in [-0.4, -0.2) is 9.88 Å². The van der Waals surface area contributed by atoms with Crippen LogP contribution in [0.1, 0.15) is 22.6 Å². The first-order chi connectivity index (χ1) is 14.4. The average Bonchev–Trinajstić information content (AvgIpc) is 3.30. The topological polar surface area (TPSA) is 38.5 Å². The van der Waals surface area contributed by atoms with Crippen molar-refractivity contribution in [2.24, 2.45) is 0 Å². The molecule has 30 heavy (non-hydrogen) atoms. The zero-order valence-corrected chi connectivity index (χ0v) is 15.8. The van der Waals surface area contributed by atoms with Crippen LogP contribution < -0.4 is 4.74 Å². The Hall–Kier alpha value is -3.32. The highest BCUT2D eigenvalue weighted by Crippen LogP contribution is 2.32. The van der Waals surface area contributed by atoms with Crippen molar-refractivity contribution in [2.45, 2.75) is 25.8 Å². The molecular weight excluding hydrogens is 393 g/mol. The number of ether oxygens (including phenoxy) is 1. The summed E-state index contributed by atoms with van der Waals surface area (Å²) in [5.74, 6) is 1.42. The number of oxazole rings is 1. The zero-order chi connectivity index (χ0) is 20.7. The Morgan fingerprint density at radius 2 is 1.57 bits per heavy atom. The molecule has 0 fully saturated rings. The lowest BCUT2D eigenvalue weighted by molar-refractivity contribution is -0.137. The van der Waals surface area contributed by atoms with Gasteiger partial charge in [0.25, 0.3) is 0 Å². The molecule has 1 aliphatic rings. The lowest BCUT2D eigenvalue weighted by Crippen LogP contribution is -2.15. The summed E-state index contributed by atoms with van der Waals surface area (Å²) < 4.78 is 49.6. The number of fused-ring (bicyclic) bond motifs is 2. The van der Waals surface area contributed by atoms with E-state index in [9.17, 15) is 13.2 Å². The zero-order valence-electron chi connectivity index (χ0n) is 15.8. The van der Waals surface area contributed by atoms with Crippen LogP contribution >= 0.6 is 0 Å². The van der Waals surface area contributed by atoms with E-state index in [2.05, 4.69) is 22.0 Å². The van der Waals surface area contributed by atoms with Gasteiger partial charge in [0.2, 0.25) is 5.89 Å². The molecule has 2 heterocycles. The third-order valence-electron chi connectivity index (χ3n) is 5.09. The standard InChI is InChI=1S/C23H17F3N2O2/c24-23(25,26)17-5-7-18(8-6-17)29-19-9-10-21-20(11-19)27-22(30-21)14-28-12-15-3-1-2-4-16(15)13-28/h1-11H,12-14H2. The molecule has 5 rings (SSSR count). The van der Waals surface area contributed by atoms with Crippen LogP contribution in [0.2, 0.25) is 0 Å². The Bertz CT molecular complexity index is 1170. The number of rotatable bonds is 4. The molecule has 0 saturated heterocycles. The van der Waals surface area contributed by atoms with Crippen molar-refractivity contribution in [3.05, 3.63) is 89.3 Å². The van der Waals surface area contributed by atoms with Gasteiger partial charge in [0.15, 0.2) is 5.58 Å². The van der Waals surface area contributed by atoms with Crippen LogP contribution in [-0.2, 0) is 25.8 Å². The van der Waals surface area contributed by atoms with Gasteiger partial charge < -0.3 is 9.15 Å². The molecule has 0 N–H and O–H groups in total. The number of hydrogen-bond acceptors (Lipinski definition) is 4. The van der Waals surface area contributed by atoms with Crippen molar-refractivity contribution in [3.8, 4) is 11.5 Å². The van der Waals surface area contributed by atoms with Crippen LogP contribution in [0.25, 0.3) is 11.1 Å². The molecule has 1 aliphatic heterocycles. The summed E-state index contributed by atoms with van der Waals surface area (Å²) in [6, 6.07) is 18.1. The van der Waals surface area contributed by atoms with Crippen molar-refractivity contribution in [1.82, 2.24) is 9.88 Å². The second kappa shape index (κ2) is 7.18. The minimum atomic E-state index is -4.37. The number of hydrogen-bond donors (Lipinski definition) is 0. The summed E-state index contributed by atoms with van der Waals surface area (Å²) in [7, 11) is 0. The molecule has 0 saturated carbocycles.